The Bertz CT molecular complexity index is 748. The second-order valence-electron chi connectivity index (χ2n) is 7.63. The number of nitrogens with zero attached hydrogens (tertiary/aromatic N) is 4. The lowest BCUT2D eigenvalue weighted by molar-refractivity contribution is 0.331. The molecule has 0 spiro atoms. The van der Waals surface area contributed by atoms with Gasteiger partial charge in [0.25, 0.3) is 0 Å². The molecule has 29 heavy (non-hydrogen) atoms. The second kappa shape index (κ2) is 11.2. The van der Waals surface area contributed by atoms with Gasteiger partial charge in [0.05, 0.1) is 5.00 Å². The molecular formula is C22H32IN5S. The molecule has 1 aromatic heterocycles. The highest BCUT2D eigenvalue weighted by atomic mass is 127. The molecule has 158 valence electrons. The summed E-state index contributed by atoms with van der Waals surface area (Å²) in [5.74, 6) is 1.01. The number of hydrogen-bond acceptors (Lipinski definition) is 4. The molecule has 4 rings (SSSR count). The molecule has 0 amide bonds. The van der Waals surface area contributed by atoms with Crippen molar-refractivity contribution >= 4 is 46.3 Å². The molecule has 0 aliphatic carbocycles. The Morgan fingerprint density at radius 2 is 1.66 bits per heavy atom. The molecule has 7 heteroatoms. The van der Waals surface area contributed by atoms with Crippen molar-refractivity contribution in [1.29, 1.82) is 0 Å². The monoisotopic (exact) mass is 525 g/mol. The highest BCUT2D eigenvalue weighted by Gasteiger charge is 2.20. The lowest BCUT2D eigenvalue weighted by Crippen LogP contribution is -2.52. The Morgan fingerprint density at radius 3 is 2.28 bits per heavy atom. The highest BCUT2D eigenvalue weighted by Crippen LogP contribution is 2.22. The van der Waals surface area contributed by atoms with Gasteiger partial charge in [0.2, 0.25) is 0 Å². The minimum absolute atomic E-state index is 0. The zero-order valence-electron chi connectivity index (χ0n) is 17.2. The van der Waals surface area contributed by atoms with Crippen molar-refractivity contribution in [2.24, 2.45) is 4.99 Å². The van der Waals surface area contributed by atoms with E-state index in [1.165, 1.54) is 42.1 Å². The van der Waals surface area contributed by atoms with E-state index in [0.717, 1.165) is 45.2 Å². The van der Waals surface area contributed by atoms with E-state index in [1.807, 2.05) is 18.4 Å². The predicted molar refractivity (Wildman–Crippen MR) is 135 cm³/mol. The summed E-state index contributed by atoms with van der Waals surface area (Å²) in [4.78, 5) is 11.9. The number of guanidine groups is 1. The van der Waals surface area contributed by atoms with E-state index < -0.39 is 0 Å². The topological polar surface area (TPSA) is 34.1 Å². The van der Waals surface area contributed by atoms with Crippen molar-refractivity contribution < 1.29 is 0 Å². The van der Waals surface area contributed by atoms with Gasteiger partial charge in [0.1, 0.15) is 0 Å². The lowest BCUT2D eigenvalue weighted by Gasteiger charge is -2.37. The van der Waals surface area contributed by atoms with E-state index in [4.69, 9.17) is 0 Å². The molecule has 2 aliphatic heterocycles. The van der Waals surface area contributed by atoms with Gasteiger partial charge in [0.15, 0.2) is 5.96 Å². The minimum atomic E-state index is 0. The lowest BCUT2D eigenvalue weighted by atomic mass is 10.1. The summed E-state index contributed by atoms with van der Waals surface area (Å²) in [6.45, 7) is 8.52. The van der Waals surface area contributed by atoms with Crippen LogP contribution >= 0.6 is 35.3 Å². The molecule has 0 bridgehead atoms. The van der Waals surface area contributed by atoms with Crippen LogP contribution in [-0.4, -0.2) is 62.1 Å². The largest absolute Gasteiger partial charge is 0.360 e. The van der Waals surface area contributed by atoms with Crippen molar-refractivity contribution in [1.82, 2.24) is 15.1 Å². The summed E-state index contributed by atoms with van der Waals surface area (Å²) in [5.41, 5.74) is 2.73. The Hall–Kier alpha value is -1.32. The number of benzene rings is 1. The molecule has 3 heterocycles. The van der Waals surface area contributed by atoms with Gasteiger partial charge in [-0.1, -0.05) is 24.3 Å². The number of thiophene rings is 1. The molecule has 5 nitrogen and oxygen atoms in total. The van der Waals surface area contributed by atoms with Crippen molar-refractivity contribution in [2.45, 2.75) is 25.9 Å². The predicted octanol–water partition coefficient (Wildman–Crippen LogP) is 3.86. The van der Waals surface area contributed by atoms with Gasteiger partial charge in [-0.15, -0.1) is 35.3 Å². The molecule has 2 aliphatic rings. The van der Waals surface area contributed by atoms with Gasteiger partial charge >= 0.3 is 0 Å². The third-order valence-electron chi connectivity index (χ3n) is 5.69. The quantitative estimate of drug-likeness (QED) is 0.366. The van der Waals surface area contributed by atoms with Crippen LogP contribution in [0.2, 0.25) is 0 Å². The molecule has 1 N–H and O–H groups in total. The van der Waals surface area contributed by atoms with Gasteiger partial charge in [-0.2, -0.15) is 0 Å². The molecule has 0 saturated carbocycles. The Labute approximate surface area is 195 Å². The maximum atomic E-state index is 4.51. The van der Waals surface area contributed by atoms with Crippen molar-refractivity contribution in [3.63, 3.8) is 0 Å². The van der Waals surface area contributed by atoms with Crippen molar-refractivity contribution in [2.75, 3.05) is 51.2 Å². The zero-order chi connectivity index (χ0) is 19.2. The summed E-state index contributed by atoms with van der Waals surface area (Å²) in [7, 11) is 1.88. The number of rotatable bonds is 5. The summed E-state index contributed by atoms with van der Waals surface area (Å²) >= 11 is 1.82. The van der Waals surface area contributed by atoms with E-state index in [2.05, 4.69) is 66.8 Å². The van der Waals surface area contributed by atoms with Gasteiger partial charge in [-0.25, -0.2) is 0 Å². The Kier molecular flexibility index (Phi) is 8.62. The second-order valence-corrected chi connectivity index (χ2v) is 8.55. The van der Waals surface area contributed by atoms with Gasteiger partial charge in [-0.3, -0.25) is 9.89 Å². The normalized spacial score (nSPS) is 18.0. The molecular weight excluding hydrogens is 493 g/mol. The van der Waals surface area contributed by atoms with Gasteiger partial charge in [0, 0.05) is 46.3 Å². The number of nitrogens with one attached hydrogen (secondary N) is 1. The molecule has 2 saturated heterocycles. The van der Waals surface area contributed by atoms with Gasteiger partial charge < -0.3 is 15.1 Å². The van der Waals surface area contributed by atoms with Crippen LogP contribution in [0.4, 0.5) is 5.00 Å². The fourth-order valence-electron chi connectivity index (χ4n) is 4.06. The summed E-state index contributed by atoms with van der Waals surface area (Å²) in [6.07, 6.45) is 2.70. The molecule has 1 aromatic carbocycles. The van der Waals surface area contributed by atoms with E-state index >= 15 is 0 Å². The standard InChI is InChI=1S/C22H31N5S.HI/c1-23-22(27-14-12-26(13-15-27)21-5-4-16-28-21)24-17-19-6-8-20(9-7-19)18-25-10-2-3-11-25;/h4-9,16H,2-3,10-15,17-18H2,1H3,(H,23,24);1H. The van der Waals surface area contributed by atoms with Crippen LogP contribution < -0.4 is 10.2 Å². The number of piperazine rings is 1. The van der Waals surface area contributed by atoms with Crippen LogP contribution in [0, 0.1) is 0 Å². The van der Waals surface area contributed by atoms with Crippen LogP contribution in [0.1, 0.15) is 24.0 Å². The maximum Gasteiger partial charge on any atom is 0.194 e. The van der Waals surface area contributed by atoms with Crippen molar-refractivity contribution in [3.8, 4) is 0 Å². The SMILES string of the molecule is CN=C(NCc1ccc(CN2CCCC2)cc1)N1CCN(c2cccs2)CC1.I. The molecule has 2 aromatic rings. The molecule has 0 atom stereocenters. The van der Waals surface area contributed by atoms with Crippen LogP contribution in [-0.2, 0) is 13.1 Å². The zero-order valence-corrected chi connectivity index (χ0v) is 20.4. The third-order valence-corrected chi connectivity index (χ3v) is 6.62. The Morgan fingerprint density at radius 1 is 0.966 bits per heavy atom. The first-order chi connectivity index (χ1) is 13.8. The number of halogens is 1. The van der Waals surface area contributed by atoms with Crippen LogP contribution in [0.15, 0.2) is 46.8 Å². The van der Waals surface area contributed by atoms with E-state index in [9.17, 15) is 0 Å². The summed E-state index contributed by atoms with van der Waals surface area (Å²) < 4.78 is 0. The first-order valence-corrected chi connectivity index (χ1v) is 11.2. The summed E-state index contributed by atoms with van der Waals surface area (Å²) in [5, 5.41) is 7.07. The van der Waals surface area contributed by atoms with Crippen molar-refractivity contribution in [3.05, 3.63) is 52.9 Å². The van der Waals surface area contributed by atoms with Gasteiger partial charge in [-0.05, 0) is 54.6 Å². The average molecular weight is 526 g/mol. The average Bonchev–Trinajstić information content (AvgIpc) is 3.44. The number of anilines is 1. The van der Waals surface area contributed by atoms with Crippen LogP contribution in [0.25, 0.3) is 0 Å². The molecule has 0 radical (unpaired) electrons. The first-order valence-electron chi connectivity index (χ1n) is 10.4. The van der Waals surface area contributed by atoms with Crippen LogP contribution in [0.3, 0.4) is 0 Å². The van der Waals surface area contributed by atoms with E-state index in [0.29, 0.717) is 0 Å². The third kappa shape index (κ3) is 6.08. The molecule has 0 unspecified atom stereocenters. The van der Waals surface area contributed by atoms with E-state index in [1.54, 1.807) is 0 Å². The fourth-order valence-corrected chi connectivity index (χ4v) is 4.85. The minimum Gasteiger partial charge on any atom is -0.360 e. The first kappa shape index (κ1) is 22.4. The fraction of sp³-hybridized carbons (Fsp3) is 0.500. The van der Waals surface area contributed by atoms with Crippen LogP contribution in [0.5, 0.6) is 0 Å². The summed E-state index contributed by atoms with van der Waals surface area (Å²) in [6, 6.07) is 13.4. The molecule has 2 fully saturated rings. The Balaban J connectivity index is 0.00000240. The number of likely N-dealkylation sites (tertiary alicyclic amines) is 1. The smallest absolute Gasteiger partial charge is 0.194 e. The highest BCUT2D eigenvalue weighted by molar-refractivity contribution is 14.0. The number of hydrogen-bond donors (Lipinski definition) is 1. The van der Waals surface area contributed by atoms with E-state index in [-0.39, 0.29) is 24.0 Å². The maximum absolute atomic E-state index is 4.51. The number of aliphatic imine (C=N–C) groups is 1.